The van der Waals surface area contributed by atoms with E-state index in [0.717, 1.165) is 12.8 Å². The fraction of sp³-hybridized carbons (Fsp3) is 0.462. The fourth-order valence-electron chi connectivity index (χ4n) is 2.25. The van der Waals surface area contributed by atoms with Crippen LogP contribution in [0.25, 0.3) is 0 Å². The molecule has 17 heavy (non-hydrogen) atoms. The number of halogens is 1. The summed E-state index contributed by atoms with van der Waals surface area (Å²) in [5, 5.41) is 2.82. The Hall–Kier alpha value is -1.58. The van der Waals surface area contributed by atoms with Crippen LogP contribution in [0.2, 0.25) is 0 Å². The zero-order valence-electron chi connectivity index (χ0n) is 10.1. The molecule has 0 radical (unpaired) electrons. The number of hydrogen-bond donors (Lipinski definition) is 2. The summed E-state index contributed by atoms with van der Waals surface area (Å²) in [6.45, 7) is 3.74. The van der Waals surface area contributed by atoms with Crippen molar-refractivity contribution in [1.29, 1.82) is 0 Å². The van der Waals surface area contributed by atoms with Gasteiger partial charge in [-0.2, -0.15) is 0 Å². The highest BCUT2D eigenvalue weighted by molar-refractivity contribution is 5.95. The lowest BCUT2D eigenvalue weighted by molar-refractivity contribution is 0.0892. The molecule has 0 unspecified atom stereocenters. The minimum absolute atomic E-state index is 0.0436. The van der Waals surface area contributed by atoms with Gasteiger partial charge >= 0.3 is 0 Å². The van der Waals surface area contributed by atoms with Crippen LogP contribution in [0.1, 0.15) is 35.7 Å². The van der Waals surface area contributed by atoms with E-state index in [2.05, 4.69) is 12.2 Å². The summed E-state index contributed by atoms with van der Waals surface area (Å²) in [5.41, 5.74) is 6.48. The number of carbonyl (C=O) groups excluding carboxylic acids is 1. The molecule has 1 aromatic rings. The van der Waals surface area contributed by atoms with Gasteiger partial charge in [0.1, 0.15) is 5.82 Å². The Balaban J connectivity index is 2.13. The Labute approximate surface area is 100 Å². The Kier molecular flexibility index (Phi) is 3.05. The highest BCUT2D eigenvalue weighted by Gasteiger charge is 2.27. The smallest absolute Gasteiger partial charge is 0.254 e. The maximum atomic E-state index is 13.8. The van der Waals surface area contributed by atoms with Gasteiger partial charge in [0, 0.05) is 11.7 Å². The molecule has 3 nitrogen and oxygen atoms in total. The predicted octanol–water partition coefficient (Wildman–Crippen LogP) is 2.24. The van der Waals surface area contributed by atoms with E-state index in [4.69, 9.17) is 5.73 Å². The molecule has 0 atom stereocenters. The molecule has 1 aliphatic carbocycles. The first-order chi connectivity index (χ1) is 7.97. The van der Waals surface area contributed by atoms with Crippen molar-refractivity contribution < 1.29 is 9.18 Å². The van der Waals surface area contributed by atoms with E-state index in [1.165, 1.54) is 12.1 Å². The summed E-state index contributed by atoms with van der Waals surface area (Å²) in [6, 6.07) is 3.09. The second kappa shape index (κ2) is 4.35. The molecule has 1 aromatic carbocycles. The average molecular weight is 236 g/mol. The lowest BCUT2D eigenvalue weighted by atomic mass is 9.82. The Morgan fingerprint density at radius 3 is 2.71 bits per heavy atom. The summed E-state index contributed by atoms with van der Waals surface area (Å²) in [5.74, 6) is -0.202. The molecular weight excluding hydrogens is 219 g/mol. The van der Waals surface area contributed by atoms with E-state index in [-0.39, 0.29) is 17.5 Å². The van der Waals surface area contributed by atoms with Crippen LogP contribution in [0.4, 0.5) is 10.1 Å². The maximum Gasteiger partial charge on any atom is 0.254 e. The summed E-state index contributed by atoms with van der Waals surface area (Å²) in [4.78, 5) is 11.9. The molecule has 4 heteroatoms. The van der Waals surface area contributed by atoms with E-state index in [1.54, 1.807) is 6.92 Å². The molecule has 0 aromatic heterocycles. The van der Waals surface area contributed by atoms with Gasteiger partial charge in [0.2, 0.25) is 0 Å². The largest absolute Gasteiger partial charge is 0.399 e. The lowest BCUT2D eigenvalue weighted by Crippen LogP contribution is -2.43. The average Bonchev–Trinajstić information content (AvgIpc) is 2.21. The molecule has 0 bridgehead atoms. The van der Waals surface area contributed by atoms with Crippen molar-refractivity contribution in [1.82, 2.24) is 5.32 Å². The van der Waals surface area contributed by atoms with Crippen LogP contribution in [0.5, 0.6) is 0 Å². The molecular formula is C13H17FN2O. The summed E-state index contributed by atoms with van der Waals surface area (Å²) >= 11 is 0. The summed E-state index contributed by atoms with van der Waals surface area (Å²) in [7, 11) is 0. The minimum Gasteiger partial charge on any atom is -0.399 e. The molecule has 92 valence electrons. The third-order valence-corrected chi connectivity index (χ3v) is 3.23. The van der Waals surface area contributed by atoms with E-state index < -0.39 is 5.82 Å². The molecule has 0 aliphatic heterocycles. The second-order valence-corrected chi connectivity index (χ2v) is 4.95. The normalized spacial score (nSPS) is 23.0. The first kappa shape index (κ1) is 11.9. The predicted molar refractivity (Wildman–Crippen MR) is 65.2 cm³/mol. The number of nitrogens with two attached hydrogens (primary N) is 1. The second-order valence-electron chi connectivity index (χ2n) is 4.95. The monoisotopic (exact) mass is 236 g/mol. The van der Waals surface area contributed by atoms with Gasteiger partial charge in [0.05, 0.1) is 5.56 Å². The number of aryl methyl sites for hydroxylation is 1. The molecule has 1 amide bonds. The zero-order valence-corrected chi connectivity index (χ0v) is 10.1. The van der Waals surface area contributed by atoms with Crippen molar-refractivity contribution >= 4 is 11.6 Å². The van der Waals surface area contributed by atoms with Crippen molar-refractivity contribution in [2.75, 3.05) is 5.73 Å². The fourth-order valence-corrected chi connectivity index (χ4v) is 2.25. The van der Waals surface area contributed by atoms with Gasteiger partial charge in [-0.05, 0) is 43.4 Å². The van der Waals surface area contributed by atoms with Crippen molar-refractivity contribution in [3.63, 3.8) is 0 Å². The summed E-state index contributed by atoms with van der Waals surface area (Å²) in [6.07, 6.45) is 1.93. The van der Waals surface area contributed by atoms with Gasteiger partial charge in [-0.3, -0.25) is 4.79 Å². The van der Waals surface area contributed by atoms with Crippen LogP contribution in [0, 0.1) is 18.7 Å². The van der Waals surface area contributed by atoms with Gasteiger partial charge in [-0.25, -0.2) is 4.39 Å². The molecule has 0 heterocycles. The first-order valence-electron chi connectivity index (χ1n) is 5.84. The van der Waals surface area contributed by atoms with Gasteiger partial charge in [0.15, 0.2) is 0 Å². The van der Waals surface area contributed by atoms with Gasteiger partial charge in [-0.1, -0.05) is 6.92 Å². The standard InChI is InChI=1S/C13H17FN2O/c1-7-3-10(4-7)16-13(17)11-6-9(15)5-8(2)12(11)14/h5-7,10H,3-4,15H2,1-2H3,(H,16,17). The molecule has 1 fully saturated rings. The van der Waals surface area contributed by atoms with Gasteiger partial charge in [0.25, 0.3) is 5.91 Å². The molecule has 3 N–H and O–H groups in total. The van der Waals surface area contributed by atoms with E-state index in [1.807, 2.05) is 0 Å². The highest BCUT2D eigenvalue weighted by atomic mass is 19.1. The third kappa shape index (κ3) is 2.40. The van der Waals surface area contributed by atoms with Crippen LogP contribution in [-0.2, 0) is 0 Å². The molecule has 1 aliphatic rings. The quantitative estimate of drug-likeness (QED) is 0.774. The Morgan fingerprint density at radius 1 is 1.47 bits per heavy atom. The zero-order chi connectivity index (χ0) is 12.6. The van der Waals surface area contributed by atoms with E-state index >= 15 is 0 Å². The highest BCUT2D eigenvalue weighted by Crippen LogP contribution is 2.27. The number of hydrogen-bond acceptors (Lipinski definition) is 2. The SMILES string of the molecule is Cc1cc(N)cc(C(=O)NC2CC(C)C2)c1F. The van der Waals surface area contributed by atoms with Gasteiger partial charge in [-0.15, -0.1) is 0 Å². The number of rotatable bonds is 2. The molecule has 0 saturated heterocycles. The summed E-state index contributed by atoms with van der Waals surface area (Å²) < 4.78 is 13.8. The van der Waals surface area contributed by atoms with E-state index in [9.17, 15) is 9.18 Å². The van der Waals surface area contributed by atoms with Crippen LogP contribution in [0.3, 0.4) is 0 Å². The third-order valence-electron chi connectivity index (χ3n) is 3.23. The van der Waals surface area contributed by atoms with Gasteiger partial charge < -0.3 is 11.1 Å². The number of benzene rings is 1. The van der Waals surface area contributed by atoms with E-state index in [0.29, 0.717) is 17.2 Å². The first-order valence-corrected chi connectivity index (χ1v) is 5.84. The lowest BCUT2D eigenvalue weighted by Gasteiger charge is -2.33. The van der Waals surface area contributed by atoms with Crippen molar-refractivity contribution in [2.45, 2.75) is 32.7 Å². The minimum atomic E-state index is -0.482. The number of nitrogen functional groups attached to an aromatic ring is 1. The van der Waals surface area contributed by atoms with Crippen LogP contribution >= 0.6 is 0 Å². The number of anilines is 1. The number of nitrogens with one attached hydrogen (secondary N) is 1. The van der Waals surface area contributed by atoms with Crippen molar-refractivity contribution in [3.8, 4) is 0 Å². The molecule has 2 rings (SSSR count). The maximum absolute atomic E-state index is 13.8. The van der Waals surface area contributed by atoms with Crippen molar-refractivity contribution in [3.05, 3.63) is 29.1 Å². The van der Waals surface area contributed by atoms with Crippen LogP contribution < -0.4 is 11.1 Å². The molecule has 0 spiro atoms. The van der Waals surface area contributed by atoms with Crippen LogP contribution in [-0.4, -0.2) is 11.9 Å². The number of carbonyl (C=O) groups is 1. The van der Waals surface area contributed by atoms with Crippen molar-refractivity contribution in [2.24, 2.45) is 5.92 Å². The Bertz CT molecular complexity index is 453. The topological polar surface area (TPSA) is 55.1 Å². The molecule has 1 saturated carbocycles. The number of amides is 1. The Morgan fingerprint density at radius 2 is 2.12 bits per heavy atom. The van der Waals surface area contributed by atoms with Crippen LogP contribution in [0.15, 0.2) is 12.1 Å².